The number of hydrogen-bond acceptors (Lipinski definition) is 3. The third-order valence-corrected chi connectivity index (χ3v) is 2.40. The second-order valence-corrected chi connectivity index (χ2v) is 3.97. The lowest BCUT2D eigenvalue weighted by Gasteiger charge is -2.08. The molecule has 0 aromatic heterocycles. The van der Waals surface area contributed by atoms with Gasteiger partial charge in [-0.25, -0.2) is 0 Å². The molecule has 0 radical (unpaired) electrons. The summed E-state index contributed by atoms with van der Waals surface area (Å²) < 4.78 is 5.22. The van der Waals surface area contributed by atoms with E-state index in [1.165, 1.54) is 0 Å². The minimum absolute atomic E-state index is 0.0334. The lowest BCUT2D eigenvalue weighted by molar-refractivity contribution is -0.137. The Kier molecular flexibility index (Phi) is 6.00. The first-order chi connectivity index (χ1) is 8.59. The van der Waals surface area contributed by atoms with Crippen LogP contribution in [0.15, 0.2) is 24.3 Å². The average molecular weight is 272 g/mol. The summed E-state index contributed by atoms with van der Waals surface area (Å²) in [5.41, 5.74) is 0. The highest BCUT2D eigenvalue weighted by molar-refractivity contribution is 6.32. The second-order valence-electron chi connectivity index (χ2n) is 3.57. The van der Waals surface area contributed by atoms with Gasteiger partial charge in [0.2, 0.25) is 0 Å². The number of halogens is 1. The number of benzene rings is 1. The summed E-state index contributed by atoms with van der Waals surface area (Å²) in [6.45, 7) is 0.174. The van der Waals surface area contributed by atoms with Gasteiger partial charge in [-0.3, -0.25) is 9.59 Å². The molecule has 0 fully saturated rings. The Morgan fingerprint density at radius 1 is 1.33 bits per heavy atom. The number of carbonyl (C=O) groups is 2. The van der Waals surface area contributed by atoms with E-state index in [1.54, 1.807) is 24.3 Å². The monoisotopic (exact) mass is 271 g/mol. The Bertz CT molecular complexity index is 422. The van der Waals surface area contributed by atoms with E-state index >= 15 is 0 Å². The molecule has 0 saturated heterocycles. The normalized spacial score (nSPS) is 9.83. The van der Waals surface area contributed by atoms with Crippen LogP contribution in [0.25, 0.3) is 0 Å². The molecular formula is C12H14ClNO4. The first-order valence-electron chi connectivity index (χ1n) is 5.45. The molecule has 1 amide bonds. The van der Waals surface area contributed by atoms with Gasteiger partial charge in [-0.2, -0.15) is 0 Å². The van der Waals surface area contributed by atoms with Crippen LogP contribution in [0.1, 0.15) is 12.8 Å². The zero-order chi connectivity index (χ0) is 13.4. The first-order valence-corrected chi connectivity index (χ1v) is 5.83. The molecular weight excluding hydrogens is 258 g/mol. The van der Waals surface area contributed by atoms with Crippen LogP contribution in [-0.4, -0.2) is 30.1 Å². The number of hydrogen-bond donors (Lipinski definition) is 2. The molecule has 6 heteroatoms. The quantitative estimate of drug-likeness (QED) is 0.740. The van der Waals surface area contributed by atoms with E-state index in [2.05, 4.69) is 5.32 Å². The predicted octanol–water partition coefficient (Wildman–Crippen LogP) is 1.70. The van der Waals surface area contributed by atoms with Crippen LogP contribution in [0.2, 0.25) is 5.02 Å². The van der Waals surface area contributed by atoms with Crippen molar-refractivity contribution in [3.05, 3.63) is 29.3 Å². The van der Waals surface area contributed by atoms with Gasteiger partial charge in [0.15, 0.2) is 6.61 Å². The number of rotatable bonds is 7. The summed E-state index contributed by atoms with van der Waals surface area (Å²) in [6, 6.07) is 6.86. The van der Waals surface area contributed by atoms with Crippen molar-refractivity contribution in [2.24, 2.45) is 0 Å². The highest BCUT2D eigenvalue weighted by atomic mass is 35.5. The largest absolute Gasteiger partial charge is 0.482 e. The van der Waals surface area contributed by atoms with E-state index in [1.807, 2.05) is 0 Å². The van der Waals surface area contributed by atoms with Gasteiger partial charge in [-0.05, 0) is 18.6 Å². The lowest BCUT2D eigenvalue weighted by Crippen LogP contribution is -2.30. The first kappa shape index (κ1) is 14.3. The average Bonchev–Trinajstić information content (AvgIpc) is 2.33. The molecule has 0 aliphatic carbocycles. The number of ether oxygens (including phenoxy) is 1. The summed E-state index contributed by atoms with van der Waals surface area (Å²) in [7, 11) is 0. The van der Waals surface area contributed by atoms with Crippen LogP contribution < -0.4 is 10.1 Å². The molecule has 0 aliphatic heterocycles. The van der Waals surface area contributed by atoms with Gasteiger partial charge in [0.25, 0.3) is 5.91 Å². The maximum Gasteiger partial charge on any atom is 0.303 e. The molecule has 98 valence electrons. The van der Waals surface area contributed by atoms with E-state index in [0.717, 1.165) is 0 Å². The van der Waals surface area contributed by atoms with Gasteiger partial charge in [-0.1, -0.05) is 23.7 Å². The number of carboxylic acids is 1. The number of carbonyl (C=O) groups excluding carboxylic acids is 1. The Balaban J connectivity index is 2.21. The highest BCUT2D eigenvalue weighted by Gasteiger charge is 2.05. The maximum atomic E-state index is 11.3. The molecule has 5 nitrogen and oxygen atoms in total. The van der Waals surface area contributed by atoms with E-state index in [4.69, 9.17) is 21.4 Å². The van der Waals surface area contributed by atoms with Crippen LogP contribution in [0, 0.1) is 0 Å². The highest BCUT2D eigenvalue weighted by Crippen LogP contribution is 2.22. The van der Waals surface area contributed by atoms with E-state index in [-0.39, 0.29) is 18.9 Å². The fourth-order valence-electron chi connectivity index (χ4n) is 1.22. The molecule has 2 N–H and O–H groups in total. The van der Waals surface area contributed by atoms with Crippen molar-refractivity contribution < 1.29 is 19.4 Å². The number of nitrogens with one attached hydrogen (secondary N) is 1. The van der Waals surface area contributed by atoms with Gasteiger partial charge < -0.3 is 15.2 Å². The van der Waals surface area contributed by atoms with E-state index < -0.39 is 5.97 Å². The van der Waals surface area contributed by atoms with Gasteiger partial charge in [0.1, 0.15) is 5.75 Å². The van der Waals surface area contributed by atoms with Crippen LogP contribution in [0.4, 0.5) is 0 Å². The molecule has 0 unspecified atom stereocenters. The Morgan fingerprint density at radius 3 is 2.72 bits per heavy atom. The van der Waals surface area contributed by atoms with Crippen molar-refractivity contribution in [2.45, 2.75) is 12.8 Å². The molecule has 0 saturated carbocycles. The SMILES string of the molecule is O=C(O)CCCNC(=O)COc1ccccc1Cl. The number of para-hydroxylation sites is 1. The van der Waals surface area contributed by atoms with Crippen molar-refractivity contribution in [3.63, 3.8) is 0 Å². The van der Waals surface area contributed by atoms with Crippen molar-refractivity contribution >= 4 is 23.5 Å². The van der Waals surface area contributed by atoms with Crippen molar-refractivity contribution in [1.82, 2.24) is 5.32 Å². The fourth-order valence-corrected chi connectivity index (χ4v) is 1.41. The van der Waals surface area contributed by atoms with Gasteiger partial charge in [0.05, 0.1) is 5.02 Å². The fraction of sp³-hybridized carbons (Fsp3) is 0.333. The van der Waals surface area contributed by atoms with Crippen molar-refractivity contribution in [2.75, 3.05) is 13.2 Å². The third-order valence-electron chi connectivity index (χ3n) is 2.09. The summed E-state index contributed by atoms with van der Waals surface area (Å²) in [5.74, 6) is -0.739. The van der Waals surface area contributed by atoms with E-state index in [9.17, 15) is 9.59 Å². The van der Waals surface area contributed by atoms with Gasteiger partial charge in [-0.15, -0.1) is 0 Å². The van der Waals surface area contributed by atoms with Gasteiger partial charge in [0, 0.05) is 13.0 Å². The van der Waals surface area contributed by atoms with Crippen LogP contribution in [-0.2, 0) is 9.59 Å². The Hall–Kier alpha value is -1.75. The molecule has 0 heterocycles. The third kappa shape index (κ3) is 5.54. The second kappa shape index (κ2) is 7.55. The Morgan fingerprint density at radius 2 is 2.06 bits per heavy atom. The molecule has 1 rings (SSSR count). The summed E-state index contributed by atoms with van der Waals surface area (Å²) in [4.78, 5) is 21.6. The summed E-state index contributed by atoms with van der Waals surface area (Å²) >= 11 is 5.85. The maximum absolute atomic E-state index is 11.3. The van der Waals surface area contributed by atoms with Crippen molar-refractivity contribution in [1.29, 1.82) is 0 Å². The van der Waals surface area contributed by atoms with E-state index in [0.29, 0.717) is 23.7 Å². The summed E-state index contributed by atoms with van der Waals surface area (Å²) in [6.07, 6.45) is 0.429. The molecule has 0 aliphatic rings. The minimum atomic E-state index is -0.878. The van der Waals surface area contributed by atoms with Gasteiger partial charge >= 0.3 is 5.97 Å². The number of aliphatic carboxylic acids is 1. The minimum Gasteiger partial charge on any atom is -0.482 e. The molecule has 0 bridgehead atoms. The van der Waals surface area contributed by atoms with Crippen LogP contribution >= 0.6 is 11.6 Å². The van der Waals surface area contributed by atoms with Crippen molar-refractivity contribution in [3.8, 4) is 5.75 Å². The smallest absolute Gasteiger partial charge is 0.303 e. The number of amides is 1. The topological polar surface area (TPSA) is 75.6 Å². The zero-order valence-electron chi connectivity index (χ0n) is 9.69. The summed E-state index contributed by atoms with van der Waals surface area (Å²) in [5, 5.41) is 11.4. The van der Waals surface area contributed by atoms with Crippen LogP contribution in [0.5, 0.6) is 5.75 Å². The standard InChI is InChI=1S/C12H14ClNO4/c13-9-4-1-2-5-10(9)18-8-11(15)14-7-3-6-12(16)17/h1-2,4-5H,3,6-8H2,(H,14,15)(H,16,17). The zero-order valence-corrected chi connectivity index (χ0v) is 10.4. The predicted molar refractivity (Wildman–Crippen MR) is 66.8 cm³/mol. The number of carboxylic acid groups (broad SMARTS) is 1. The molecule has 0 spiro atoms. The molecule has 18 heavy (non-hydrogen) atoms. The molecule has 1 aromatic carbocycles. The molecule has 1 aromatic rings. The lowest BCUT2D eigenvalue weighted by atomic mass is 10.3. The Labute approximate surface area is 110 Å². The molecule has 0 atom stereocenters. The van der Waals surface area contributed by atoms with Crippen LogP contribution in [0.3, 0.4) is 0 Å².